The van der Waals surface area contributed by atoms with E-state index in [0.29, 0.717) is 0 Å². The summed E-state index contributed by atoms with van der Waals surface area (Å²) in [4.78, 5) is 11.1. The third-order valence-electron chi connectivity index (χ3n) is 1.73. The van der Waals surface area contributed by atoms with Crippen LogP contribution in [0.1, 0.15) is 6.92 Å². The van der Waals surface area contributed by atoms with Crippen LogP contribution in [0.4, 0.5) is 0 Å². The van der Waals surface area contributed by atoms with Crippen LogP contribution in [0.15, 0.2) is 0 Å². The first-order chi connectivity index (χ1) is 6.28. The van der Waals surface area contributed by atoms with Crippen LogP contribution in [-0.4, -0.2) is 45.5 Å². The van der Waals surface area contributed by atoms with E-state index in [9.17, 15) is 21.6 Å². The first-order valence-corrected chi connectivity index (χ1v) is 7.41. The largest absolute Gasteiger partial charge is 0.465 e. The first-order valence-electron chi connectivity index (χ1n) is 3.87. The van der Waals surface area contributed by atoms with Crippen molar-refractivity contribution in [1.82, 2.24) is 0 Å². The number of carbonyl (C=O) groups is 1. The Bertz CT molecular complexity index is 431. The molecule has 8 heteroatoms. The molecule has 0 aromatic heterocycles. The molecule has 0 aromatic carbocycles. The maximum absolute atomic E-state index is 11.2. The summed E-state index contributed by atoms with van der Waals surface area (Å²) in [7, 11) is -7.53. The summed E-state index contributed by atoms with van der Waals surface area (Å²) in [6.07, 6.45) is 0. The smallest absolute Gasteiger partial charge is 0.325 e. The maximum atomic E-state index is 11.2. The molecule has 0 saturated carbocycles. The third kappa shape index (κ3) is 2.24. The van der Waals surface area contributed by atoms with Gasteiger partial charge in [0.1, 0.15) is 0 Å². The van der Waals surface area contributed by atoms with Crippen molar-refractivity contribution in [1.29, 1.82) is 0 Å². The highest BCUT2D eigenvalue weighted by Gasteiger charge is 2.47. The normalized spacial score (nSPS) is 28.5. The fourth-order valence-electron chi connectivity index (χ4n) is 1.16. The maximum Gasteiger partial charge on any atom is 0.325 e. The molecule has 0 amide bonds. The summed E-state index contributed by atoms with van der Waals surface area (Å²) in [5.41, 5.74) is 0. The Labute approximate surface area is 82.1 Å². The first kappa shape index (κ1) is 11.4. The van der Waals surface area contributed by atoms with Crippen molar-refractivity contribution in [2.75, 3.05) is 17.4 Å². The van der Waals surface area contributed by atoms with Crippen LogP contribution in [0.25, 0.3) is 0 Å². The quantitative estimate of drug-likeness (QED) is 0.560. The second kappa shape index (κ2) is 3.50. The molecule has 0 radical (unpaired) electrons. The zero-order valence-corrected chi connectivity index (χ0v) is 9.10. The molecule has 0 aromatic rings. The second-order valence-corrected chi connectivity index (χ2v) is 7.59. The topological polar surface area (TPSA) is 94.6 Å². The van der Waals surface area contributed by atoms with E-state index in [0.717, 1.165) is 0 Å². The summed E-state index contributed by atoms with van der Waals surface area (Å²) in [6, 6.07) is 0. The van der Waals surface area contributed by atoms with Crippen LogP contribution in [0.2, 0.25) is 0 Å². The van der Waals surface area contributed by atoms with Gasteiger partial charge < -0.3 is 4.74 Å². The Balaban J connectivity index is 2.98. The second-order valence-electron chi connectivity index (χ2n) is 2.93. The van der Waals surface area contributed by atoms with Gasteiger partial charge in [0.15, 0.2) is 30.0 Å². The van der Waals surface area contributed by atoms with Crippen molar-refractivity contribution in [3.05, 3.63) is 0 Å². The lowest BCUT2D eigenvalue weighted by atomic mass is 10.5. The van der Waals surface area contributed by atoms with Crippen molar-refractivity contribution >= 4 is 25.6 Å². The minimum Gasteiger partial charge on any atom is -0.465 e. The minimum absolute atomic E-state index is 0.0326. The molecule has 14 heavy (non-hydrogen) atoms. The highest BCUT2D eigenvalue weighted by molar-refractivity contribution is 8.12. The molecule has 1 aliphatic heterocycles. The number of rotatable bonds is 2. The number of sulfone groups is 2. The number of ether oxygens (including phenoxy) is 1. The molecule has 1 saturated heterocycles. The fraction of sp³-hybridized carbons (Fsp3) is 0.833. The van der Waals surface area contributed by atoms with Gasteiger partial charge in [-0.25, -0.2) is 16.8 Å². The van der Waals surface area contributed by atoms with Gasteiger partial charge in [0.25, 0.3) is 0 Å². The van der Waals surface area contributed by atoms with Gasteiger partial charge in [0, 0.05) is 0 Å². The minimum atomic E-state index is -3.88. The molecule has 0 spiro atoms. The van der Waals surface area contributed by atoms with E-state index in [-0.39, 0.29) is 6.61 Å². The van der Waals surface area contributed by atoms with Gasteiger partial charge in [-0.05, 0) is 6.92 Å². The Kier molecular flexibility index (Phi) is 2.86. The van der Waals surface area contributed by atoms with Gasteiger partial charge in [0.2, 0.25) is 0 Å². The molecule has 6 nitrogen and oxygen atoms in total. The standard InChI is InChI=1S/C6H10O6S2/c1-2-12-6(7)5-3-13(8,9)4-14(5,10)11/h5H,2-4H2,1H3. The summed E-state index contributed by atoms with van der Waals surface area (Å²) in [6.45, 7) is 1.55. The average molecular weight is 242 g/mol. The molecular weight excluding hydrogens is 232 g/mol. The fourth-order valence-corrected chi connectivity index (χ4v) is 6.62. The van der Waals surface area contributed by atoms with Crippen LogP contribution >= 0.6 is 0 Å². The SMILES string of the molecule is CCOC(=O)C1CS(=O)(=O)CS1(=O)=O. The van der Waals surface area contributed by atoms with E-state index in [1.807, 2.05) is 0 Å². The number of esters is 1. The van der Waals surface area contributed by atoms with E-state index in [4.69, 9.17) is 0 Å². The molecule has 0 bridgehead atoms. The number of carbonyl (C=O) groups excluding carboxylic acids is 1. The summed E-state index contributed by atoms with van der Waals surface area (Å²) in [5.74, 6) is -1.64. The number of hydrogen-bond donors (Lipinski definition) is 0. The Hall–Kier alpha value is -0.630. The lowest BCUT2D eigenvalue weighted by Gasteiger charge is -2.05. The Morgan fingerprint density at radius 2 is 1.93 bits per heavy atom. The van der Waals surface area contributed by atoms with E-state index in [1.54, 1.807) is 0 Å². The van der Waals surface area contributed by atoms with Gasteiger partial charge in [-0.15, -0.1) is 0 Å². The Morgan fingerprint density at radius 3 is 2.29 bits per heavy atom. The zero-order chi connectivity index (χ0) is 11.0. The van der Waals surface area contributed by atoms with Gasteiger partial charge in [0.05, 0.1) is 12.4 Å². The molecular formula is C6H10O6S2. The highest BCUT2D eigenvalue weighted by atomic mass is 32.3. The summed E-state index contributed by atoms with van der Waals surface area (Å²) < 4.78 is 48.9. The lowest BCUT2D eigenvalue weighted by Crippen LogP contribution is -2.30. The third-order valence-corrected chi connectivity index (χ3v) is 6.76. The Morgan fingerprint density at radius 1 is 1.36 bits per heavy atom. The lowest BCUT2D eigenvalue weighted by molar-refractivity contribution is -0.142. The summed E-state index contributed by atoms with van der Waals surface area (Å²) >= 11 is 0. The molecule has 0 N–H and O–H groups in total. The predicted octanol–water partition coefficient (Wildman–Crippen LogP) is -1.28. The molecule has 1 heterocycles. The van der Waals surface area contributed by atoms with E-state index in [2.05, 4.69) is 4.74 Å². The van der Waals surface area contributed by atoms with Crippen LogP contribution in [0.5, 0.6) is 0 Å². The monoisotopic (exact) mass is 242 g/mol. The molecule has 82 valence electrons. The molecule has 1 rings (SSSR count). The molecule has 1 aliphatic rings. The summed E-state index contributed by atoms with van der Waals surface area (Å²) in [5, 5.41) is -2.49. The van der Waals surface area contributed by atoms with Gasteiger partial charge in [-0.3, -0.25) is 4.79 Å². The van der Waals surface area contributed by atoms with E-state index >= 15 is 0 Å². The zero-order valence-electron chi connectivity index (χ0n) is 7.46. The van der Waals surface area contributed by atoms with Gasteiger partial charge in [-0.2, -0.15) is 0 Å². The molecule has 1 fully saturated rings. The van der Waals surface area contributed by atoms with Crippen molar-refractivity contribution < 1.29 is 26.4 Å². The predicted molar refractivity (Wildman–Crippen MR) is 48.0 cm³/mol. The van der Waals surface area contributed by atoms with Crippen molar-refractivity contribution in [3.8, 4) is 0 Å². The van der Waals surface area contributed by atoms with Crippen molar-refractivity contribution in [3.63, 3.8) is 0 Å². The van der Waals surface area contributed by atoms with Crippen molar-refractivity contribution in [2.45, 2.75) is 12.2 Å². The van der Waals surface area contributed by atoms with Crippen LogP contribution in [0, 0.1) is 0 Å². The van der Waals surface area contributed by atoms with Gasteiger partial charge in [-0.1, -0.05) is 0 Å². The van der Waals surface area contributed by atoms with Crippen LogP contribution in [-0.2, 0) is 29.2 Å². The molecule has 0 aliphatic carbocycles. The van der Waals surface area contributed by atoms with Crippen molar-refractivity contribution in [2.24, 2.45) is 0 Å². The molecule has 1 unspecified atom stereocenters. The van der Waals surface area contributed by atoms with E-state index < -0.39 is 41.7 Å². The molecule has 1 atom stereocenters. The average Bonchev–Trinajstić information content (AvgIpc) is 2.19. The number of hydrogen-bond acceptors (Lipinski definition) is 6. The highest BCUT2D eigenvalue weighted by Crippen LogP contribution is 2.19. The van der Waals surface area contributed by atoms with E-state index in [1.165, 1.54) is 6.92 Å². The van der Waals surface area contributed by atoms with Crippen LogP contribution < -0.4 is 0 Å². The van der Waals surface area contributed by atoms with Crippen LogP contribution in [0.3, 0.4) is 0 Å². The van der Waals surface area contributed by atoms with Gasteiger partial charge >= 0.3 is 5.97 Å².